The van der Waals surface area contributed by atoms with Gasteiger partial charge >= 0.3 is 0 Å². The number of benzene rings is 1. The molecule has 0 aliphatic heterocycles. The first-order chi connectivity index (χ1) is 9.40. The molecule has 0 radical (unpaired) electrons. The molecule has 0 aliphatic rings. The van der Waals surface area contributed by atoms with Crippen molar-refractivity contribution in [3.05, 3.63) is 29.8 Å². The van der Waals surface area contributed by atoms with Gasteiger partial charge in [0.15, 0.2) is 0 Å². The number of hydrogen-bond donors (Lipinski definition) is 2. The summed E-state index contributed by atoms with van der Waals surface area (Å²) in [5.74, 6) is 0.452. The molecule has 122 valence electrons. The van der Waals surface area contributed by atoms with Crippen LogP contribution in [0.1, 0.15) is 45.6 Å². The molecule has 0 bridgehead atoms. The molecule has 21 heavy (non-hydrogen) atoms. The van der Waals surface area contributed by atoms with Gasteiger partial charge < -0.3 is 5.32 Å². The third-order valence-electron chi connectivity index (χ3n) is 3.50. The average Bonchev–Trinajstić information content (AvgIpc) is 2.45. The normalized spacial score (nSPS) is 14.3. The highest BCUT2D eigenvalue weighted by Gasteiger charge is 2.15. The van der Waals surface area contributed by atoms with Crippen molar-refractivity contribution in [1.82, 2.24) is 10.0 Å². The first-order valence-electron chi connectivity index (χ1n) is 7.23. The van der Waals surface area contributed by atoms with E-state index in [0.29, 0.717) is 17.4 Å². The van der Waals surface area contributed by atoms with E-state index in [4.69, 9.17) is 0 Å². The first kappa shape index (κ1) is 20.4. The molecule has 0 spiro atoms. The topological polar surface area (TPSA) is 58.2 Å². The summed E-state index contributed by atoms with van der Waals surface area (Å²) >= 11 is 0. The van der Waals surface area contributed by atoms with Gasteiger partial charge in [-0.3, -0.25) is 0 Å². The Morgan fingerprint density at radius 1 is 1.10 bits per heavy atom. The van der Waals surface area contributed by atoms with Gasteiger partial charge in [-0.25, -0.2) is 13.1 Å². The van der Waals surface area contributed by atoms with Crippen LogP contribution in [0.3, 0.4) is 0 Å². The number of hydrogen-bond acceptors (Lipinski definition) is 3. The second-order valence-electron chi connectivity index (χ2n) is 5.19. The lowest BCUT2D eigenvalue weighted by atomic mass is 9.99. The largest absolute Gasteiger partial charge is 0.313 e. The summed E-state index contributed by atoms with van der Waals surface area (Å²) in [6.07, 6.45) is 1.05. The van der Waals surface area contributed by atoms with Crippen LogP contribution in [0, 0.1) is 0 Å². The van der Waals surface area contributed by atoms with Crippen LogP contribution in [0.4, 0.5) is 0 Å². The maximum absolute atomic E-state index is 12.2. The van der Waals surface area contributed by atoms with Crippen molar-refractivity contribution in [2.75, 3.05) is 13.1 Å². The maximum Gasteiger partial charge on any atom is 0.240 e. The highest BCUT2D eigenvalue weighted by molar-refractivity contribution is 7.89. The summed E-state index contributed by atoms with van der Waals surface area (Å²) < 4.78 is 26.9. The van der Waals surface area contributed by atoms with Crippen molar-refractivity contribution < 1.29 is 8.42 Å². The minimum atomic E-state index is -3.41. The molecule has 4 nitrogen and oxygen atoms in total. The Labute approximate surface area is 135 Å². The minimum Gasteiger partial charge on any atom is -0.313 e. The fraction of sp³-hybridized carbons (Fsp3) is 0.600. The smallest absolute Gasteiger partial charge is 0.240 e. The van der Waals surface area contributed by atoms with Gasteiger partial charge in [0.25, 0.3) is 0 Å². The number of halogens is 1. The minimum absolute atomic E-state index is 0. The molecule has 0 aliphatic carbocycles. The van der Waals surface area contributed by atoms with Crippen LogP contribution in [-0.2, 0) is 10.0 Å². The van der Waals surface area contributed by atoms with Gasteiger partial charge in [0.1, 0.15) is 0 Å². The third kappa shape index (κ3) is 6.34. The van der Waals surface area contributed by atoms with E-state index in [1.54, 1.807) is 12.1 Å². The summed E-state index contributed by atoms with van der Waals surface area (Å²) in [6, 6.07) is 7.28. The van der Waals surface area contributed by atoms with Crippen molar-refractivity contribution in [3.8, 4) is 0 Å². The van der Waals surface area contributed by atoms with E-state index in [0.717, 1.165) is 13.0 Å². The second kappa shape index (κ2) is 9.41. The Morgan fingerprint density at radius 2 is 1.67 bits per heavy atom. The zero-order valence-corrected chi connectivity index (χ0v) is 14.9. The molecule has 6 heteroatoms. The molecule has 2 N–H and O–H groups in total. The summed E-state index contributed by atoms with van der Waals surface area (Å²) in [5, 5.41) is 3.17. The van der Waals surface area contributed by atoms with Crippen LogP contribution in [0.2, 0.25) is 0 Å². The monoisotopic (exact) mass is 334 g/mol. The molecule has 0 saturated carbocycles. The molecule has 1 aromatic carbocycles. The zero-order chi connectivity index (χ0) is 15.2. The standard InChI is InChI=1S/C15H26N2O2S.ClH/c1-5-12(3)14-7-9-15(10-8-14)20(18,19)17-11-13(4)16-6-2;/h7-10,12-13,16-17H,5-6,11H2,1-4H3;1H/t12?,13-;/m1./s1. The van der Waals surface area contributed by atoms with E-state index >= 15 is 0 Å². The summed E-state index contributed by atoms with van der Waals surface area (Å²) in [6.45, 7) is 9.44. The highest BCUT2D eigenvalue weighted by atomic mass is 35.5. The maximum atomic E-state index is 12.2. The predicted molar refractivity (Wildman–Crippen MR) is 90.7 cm³/mol. The van der Waals surface area contributed by atoms with Gasteiger partial charge in [0, 0.05) is 12.6 Å². The van der Waals surface area contributed by atoms with E-state index in [1.165, 1.54) is 5.56 Å². The first-order valence-corrected chi connectivity index (χ1v) is 8.72. The van der Waals surface area contributed by atoms with E-state index in [-0.39, 0.29) is 18.4 Å². The van der Waals surface area contributed by atoms with Crippen LogP contribution in [0.5, 0.6) is 0 Å². The molecular weight excluding hydrogens is 308 g/mol. The van der Waals surface area contributed by atoms with Crippen LogP contribution in [-0.4, -0.2) is 27.5 Å². The van der Waals surface area contributed by atoms with Crippen molar-refractivity contribution in [1.29, 1.82) is 0 Å². The zero-order valence-electron chi connectivity index (χ0n) is 13.2. The van der Waals surface area contributed by atoms with Gasteiger partial charge in [-0.05, 0) is 43.5 Å². The van der Waals surface area contributed by atoms with Crippen molar-refractivity contribution in [3.63, 3.8) is 0 Å². The van der Waals surface area contributed by atoms with Gasteiger partial charge in [0.2, 0.25) is 10.0 Å². The highest BCUT2D eigenvalue weighted by Crippen LogP contribution is 2.20. The Hall–Kier alpha value is -0.620. The molecular formula is C15H27ClN2O2S. The summed E-state index contributed by atoms with van der Waals surface area (Å²) in [4.78, 5) is 0.327. The summed E-state index contributed by atoms with van der Waals surface area (Å²) in [5.41, 5.74) is 1.17. The molecule has 0 amide bonds. The molecule has 2 atom stereocenters. The fourth-order valence-electron chi connectivity index (χ4n) is 1.95. The van der Waals surface area contributed by atoms with Crippen LogP contribution in [0.15, 0.2) is 29.2 Å². The fourth-order valence-corrected chi connectivity index (χ4v) is 3.08. The van der Waals surface area contributed by atoms with Crippen LogP contribution in [0.25, 0.3) is 0 Å². The molecule has 0 fully saturated rings. The van der Waals surface area contributed by atoms with E-state index in [9.17, 15) is 8.42 Å². The van der Waals surface area contributed by atoms with Gasteiger partial charge in [-0.2, -0.15) is 0 Å². The lowest BCUT2D eigenvalue weighted by molar-refractivity contribution is 0.536. The number of sulfonamides is 1. The number of nitrogens with one attached hydrogen (secondary N) is 2. The van der Waals surface area contributed by atoms with Crippen LogP contribution >= 0.6 is 12.4 Å². The lowest BCUT2D eigenvalue weighted by Crippen LogP contribution is -2.38. The molecule has 1 rings (SSSR count). The second-order valence-corrected chi connectivity index (χ2v) is 6.96. The van der Waals surface area contributed by atoms with Crippen LogP contribution < -0.4 is 10.0 Å². The predicted octanol–water partition coefficient (Wildman–Crippen LogP) is 2.90. The molecule has 1 unspecified atom stereocenters. The van der Waals surface area contributed by atoms with Gasteiger partial charge in [-0.15, -0.1) is 12.4 Å². The number of rotatable bonds is 8. The van der Waals surface area contributed by atoms with Gasteiger partial charge in [0.05, 0.1) is 4.90 Å². The Balaban J connectivity index is 0.00000400. The third-order valence-corrected chi connectivity index (χ3v) is 4.94. The van der Waals surface area contributed by atoms with Crippen molar-refractivity contribution in [2.24, 2.45) is 0 Å². The van der Waals surface area contributed by atoms with E-state index in [1.807, 2.05) is 26.0 Å². The van der Waals surface area contributed by atoms with Gasteiger partial charge in [-0.1, -0.05) is 32.9 Å². The van der Waals surface area contributed by atoms with E-state index < -0.39 is 10.0 Å². The Morgan fingerprint density at radius 3 is 2.14 bits per heavy atom. The molecule has 0 heterocycles. The Bertz CT molecular complexity index is 503. The lowest BCUT2D eigenvalue weighted by Gasteiger charge is -2.14. The summed E-state index contributed by atoms with van der Waals surface area (Å²) in [7, 11) is -3.41. The molecule has 1 aromatic rings. The van der Waals surface area contributed by atoms with Crippen molar-refractivity contribution in [2.45, 2.75) is 51.0 Å². The average molecular weight is 335 g/mol. The van der Waals surface area contributed by atoms with Crippen molar-refractivity contribution >= 4 is 22.4 Å². The Kier molecular flexibility index (Phi) is 9.13. The van der Waals surface area contributed by atoms with E-state index in [2.05, 4.69) is 23.9 Å². The number of likely N-dealkylation sites (N-methyl/N-ethyl adjacent to an activating group) is 1. The molecule has 0 aromatic heterocycles. The SMILES string of the molecule is CCN[C@H](C)CNS(=O)(=O)c1ccc(C(C)CC)cc1.Cl. The molecule has 0 saturated heterocycles. The quantitative estimate of drug-likeness (QED) is 0.768.